The van der Waals surface area contributed by atoms with E-state index in [1.807, 2.05) is 25.1 Å². The van der Waals surface area contributed by atoms with Crippen LogP contribution in [0.15, 0.2) is 24.3 Å². The van der Waals surface area contributed by atoms with E-state index in [0.29, 0.717) is 23.0 Å². The number of hydrogen-bond donors (Lipinski definition) is 2. The molecule has 0 atom stereocenters. The van der Waals surface area contributed by atoms with Crippen LogP contribution in [0, 0.1) is 6.92 Å². The molecule has 0 aliphatic rings. The molecule has 3 aromatic rings. The van der Waals surface area contributed by atoms with Gasteiger partial charge in [-0.1, -0.05) is 64.4 Å². The average Bonchev–Trinajstić information content (AvgIpc) is 2.68. The number of hydrogen-bond acceptors (Lipinski definition) is 4. The van der Waals surface area contributed by atoms with Crippen molar-refractivity contribution in [3.05, 3.63) is 35.4 Å². The van der Waals surface area contributed by atoms with E-state index < -0.39 is 0 Å². The third-order valence-corrected chi connectivity index (χ3v) is 5.46. The molecule has 1 heterocycles. The summed E-state index contributed by atoms with van der Waals surface area (Å²) in [5, 5.41) is 20.6. The van der Waals surface area contributed by atoms with E-state index in [4.69, 9.17) is 4.98 Å². The SMILES string of the molecule is CCCCCCCCCCCc1c(O)c(O)cc2nc3cc(C)ccc3nc12. The van der Waals surface area contributed by atoms with Crippen molar-refractivity contribution in [3.63, 3.8) is 0 Å². The van der Waals surface area contributed by atoms with Crippen molar-refractivity contribution in [3.8, 4) is 11.5 Å². The van der Waals surface area contributed by atoms with Gasteiger partial charge in [0.1, 0.15) is 0 Å². The molecule has 0 spiro atoms. The summed E-state index contributed by atoms with van der Waals surface area (Å²) in [7, 11) is 0. The van der Waals surface area contributed by atoms with E-state index in [1.165, 1.54) is 51.0 Å². The fourth-order valence-electron chi connectivity index (χ4n) is 3.81. The Balaban J connectivity index is 1.68. The summed E-state index contributed by atoms with van der Waals surface area (Å²) in [5.74, 6) is -0.160. The van der Waals surface area contributed by atoms with Gasteiger partial charge >= 0.3 is 0 Å². The van der Waals surface area contributed by atoms with E-state index in [9.17, 15) is 10.2 Å². The van der Waals surface area contributed by atoms with Crippen molar-refractivity contribution in [2.24, 2.45) is 0 Å². The summed E-state index contributed by atoms with van der Waals surface area (Å²) in [6, 6.07) is 7.48. The zero-order valence-electron chi connectivity index (χ0n) is 17.2. The highest BCUT2D eigenvalue weighted by molar-refractivity contribution is 5.90. The quantitative estimate of drug-likeness (QED) is 0.237. The second kappa shape index (κ2) is 9.72. The highest BCUT2D eigenvalue weighted by atomic mass is 16.3. The number of fused-ring (bicyclic) bond motifs is 2. The largest absolute Gasteiger partial charge is 0.504 e. The van der Waals surface area contributed by atoms with Crippen LogP contribution in [0.3, 0.4) is 0 Å². The Morgan fingerprint density at radius 2 is 1.43 bits per heavy atom. The first-order chi connectivity index (χ1) is 13.6. The number of rotatable bonds is 10. The number of aromatic nitrogens is 2. The Morgan fingerprint density at radius 1 is 0.750 bits per heavy atom. The molecule has 0 amide bonds. The van der Waals surface area contributed by atoms with Crippen LogP contribution < -0.4 is 0 Å². The number of phenolic OH excluding ortho intramolecular Hbond substituents is 2. The Morgan fingerprint density at radius 3 is 2.14 bits per heavy atom. The number of aryl methyl sites for hydroxylation is 2. The molecule has 2 N–H and O–H groups in total. The van der Waals surface area contributed by atoms with Crippen LogP contribution in [0.5, 0.6) is 11.5 Å². The van der Waals surface area contributed by atoms with Crippen molar-refractivity contribution >= 4 is 22.1 Å². The van der Waals surface area contributed by atoms with E-state index in [2.05, 4.69) is 11.9 Å². The molecule has 0 saturated carbocycles. The van der Waals surface area contributed by atoms with Crippen LogP contribution in [-0.4, -0.2) is 20.2 Å². The minimum absolute atomic E-state index is 0.0483. The summed E-state index contributed by atoms with van der Waals surface area (Å²) in [6.45, 7) is 4.27. The van der Waals surface area contributed by atoms with Crippen LogP contribution in [0.25, 0.3) is 22.1 Å². The van der Waals surface area contributed by atoms with Crippen LogP contribution in [0.2, 0.25) is 0 Å². The number of unbranched alkanes of at least 4 members (excludes halogenated alkanes) is 8. The number of nitrogens with zero attached hydrogens (tertiary/aromatic N) is 2. The van der Waals surface area contributed by atoms with Gasteiger partial charge in [0.2, 0.25) is 0 Å². The molecular formula is C24H32N2O2. The lowest BCUT2D eigenvalue weighted by atomic mass is 10.0. The summed E-state index contributed by atoms with van der Waals surface area (Å²) in [6.07, 6.45) is 12.0. The monoisotopic (exact) mass is 380 g/mol. The maximum Gasteiger partial charge on any atom is 0.163 e. The maximum absolute atomic E-state index is 10.4. The molecule has 1 aromatic heterocycles. The Bertz CT molecular complexity index is 937. The number of aromatic hydroxyl groups is 2. The summed E-state index contributed by atoms with van der Waals surface area (Å²) in [5.41, 5.74) is 4.81. The fourth-order valence-corrected chi connectivity index (χ4v) is 3.81. The molecule has 150 valence electrons. The van der Waals surface area contributed by atoms with Crippen molar-refractivity contribution in [2.45, 2.75) is 78.1 Å². The smallest absolute Gasteiger partial charge is 0.163 e. The first-order valence-corrected chi connectivity index (χ1v) is 10.7. The first kappa shape index (κ1) is 20.4. The standard InChI is InChI=1S/C24H32N2O2/c1-3-4-5-6-7-8-9-10-11-12-18-23-21(16-22(27)24(18)28)25-20-15-17(2)13-14-19(20)26-23/h13-16,27-28H,3-12H2,1-2H3. The molecule has 0 aliphatic heterocycles. The van der Waals surface area contributed by atoms with Gasteiger partial charge in [-0.15, -0.1) is 0 Å². The van der Waals surface area contributed by atoms with Gasteiger partial charge in [-0.3, -0.25) is 0 Å². The number of benzene rings is 2. The fraction of sp³-hybridized carbons (Fsp3) is 0.500. The molecule has 4 nitrogen and oxygen atoms in total. The van der Waals surface area contributed by atoms with Gasteiger partial charge in [0.05, 0.1) is 22.1 Å². The molecule has 0 saturated heterocycles. The van der Waals surface area contributed by atoms with Gasteiger partial charge in [-0.25, -0.2) is 9.97 Å². The summed E-state index contributed by atoms with van der Waals surface area (Å²) >= 11 is 0. The highest BCUT2D eigenvalue weighted by Gasteiger charge is 2.15. The Hall–Kier alpha value is -2.36. The molecule has 0 radical (unpaired) electrons. The molecule has 4 heteroatoms. The molecule has 28 heavy (non-hydrogen) atoms. The lowest BCUT2D eigenvalue weighted by molar-refractivity contribution is 0.399. The average molecular weight is 381 g/mol. The lowest BCUT2D eigenvalue weighted by Crippen LogP contribution is -1.96. The zero-order valence-corrected chi connectivity index (χ0v) is 17.2. The Labute approximate surface area is 167 Å². The van der Waals surface area contributed by atoms with Gasteiger partial charge in [-0.05, 0) is 37.5 Å². The highest BCUT2D eigenvalue weighted by Crippen LogP contribution is 2.36. The van der Waals surface area contributed by atoms with Crippen LogP contribution in [-0.2, 0) is 6.42 Å². The van der Waals surface area contributed by atoms with Crippen molar-refractivity contribution in [1.29, 1.82) is 0 Å². The van der Waals surface area contributed by atoms with Gasteiger partial charge in [-0.2, -0.15) is 0 Å². The predicted molar refractivity (Wildman–Crippen MR) is 116 cm³/mol. The van der Waals surface area contributed by atoms with Gasteiger partial charge in [0.15, 0.2) is 11.5 Å². The van der Waals surface area contributed by atoms with E-state index in [0.717, 1.165) is 29.4 Å². The molecule has 2 aromatic carbocycles. The third kappa shape index (κ3) is 4.92. The van der Waals surface area contributed by atoms with Crippen LogP contribution in [0.1, 0.15) is 75.8 Å². The van der Waals surface area contributed by atoms with Gasteiger partial charge in [0.25, 0.3) is 0 Å². The normalized spacial score (nSPS) is 11.5. The van der Waals surface area contributed by atoms with Crippen molar-refractivity contribution in [2.75, 3.05) is 0 Å². The second-order valence-corrected chi connectivity index (χ2v) is 7.88. The number of phenols is 2. The van der Waals surface area contributed by atoms with E-state index >= 15 is 0 Å². The van der Waals surface area contributed by atoms with Gasteiger partial charge in [0, 0.05) is 11.6 Å². The maximum atomic E-state index is 10.4. The minimum Gasteiger partial charge on any atom is -0.504 e. The van der Waals surface area contributed by atoms with Crippen molar-refractivity contribution in [1.82, 2.24) is 9.97 Å². The zero-order chi connectivity index (χ0) is 19.9. The predicted octanol–water partition coefficient (Wildman–Crippen LogP) is 6.58. The van der Waals surface area contributed by atoms with Crippen molar-refractivity contribution < 1.29 is 10.2 Å². The third-order valence-electron chi connectivity index (χ3n) is 5.46. The molecule has 0 fully saturated rings. The molecule has 0 aliphatic carbocycles. The molecule has 3 rings (SSSR count). The van der Waals surface area contributed by atoms with E-state index in [1.54, 1.807) is 0 Å². The Kier molecular flexibility index (Phi) is 7.07. The molecule has 0 unspecified atom stereocenters. The second-order valence-electron chi connectivity index (χ2n) is 7.88. The lowest BCUT2D eigenvalue weighted by Gasteiger charge is -2.11. The minimum atomic E-state index is -0.111. The summed E-state index contributed by atoms with van der Waals surface area (Å²) in [4.78, 5) is 9.40. The van der Waals surface area contributed by atoms with Gasteiger partial charge < -0.3 is 10.2 Å². The first-order valence-electron chi connectivity index (χ1n) is 10.7. The molecular weight excluding hydrogens is 348 g/mol. The topological polar surface area (TPSA) is 66.2 Å². The van der Waals surface area contributed by atoms with E-state index in [-0.39, 0.29) is 11.5 Å². The van der Waals surface area contributed by atoms with Crippen LogP contribution >= 0.6 is 0 Å². The van der Waals surface area contributed by atoms with Crippen LogP contribution in [0.4, 0.5) is 0 Å². The summed E-state index contributed by atoms with van der Waals surface area (Å²) < 4.78 is 0. The molecule has 0 bridgehead atoms.